The van der Waals surface area contributed by atoms with E-state index in [-0.39, 0.29) is 5.91 Å². The van der Waals surface area contributed by atoms with Crippen molar-refractivity contribution in [3.63, 3.8) is 0 Å². The van der Waals surface area contributed by atoms with Crippen LogP contribution in [0.2, 0.25) is 5.02 Å². The summed E-state index contributed by atoms with van der Waals surface area (Å²) in [6.45, 7) is 0.400. The lowest BCUT2D eigenvalue weighted by Crippen LogP contribution is -2.08. The third-order valence-electron chi connectivity index (χ3n) is 4.05. The van der Waals surface area contributed by atoms with Gasteiger partial charge in [0.05, 0.1) is 12.8 Å². The molecule has 0 fully saturated rings. The highest BCUT2D eigenvalue weighted by Crippen LogP contribution is 2.29. The van der Waals surface area contributed by atoms with E-state index in [9.17, 15) is 4.79 Å². The van der Waals surface area contributed by atoms with Crippen LogP contribution in [0, 0.1) is 0 Å². The monoisotopic (exact) mass is 471 g/mol. The largest absolute Gasteiger partial charge is 0.493 e. The van der Waals surface area contributed by atoms with Gasteiger partial charge in [-0.3, -0.25) is 4.79 Å². The quantitative estimate of drug-likeness (QED) is 0.408. The van der Waals surface area contributed by atoms with Gasteiger partial charge in [-0.2, -0.15) is 0 Å². The van der Waals surface area contributed by atoms with Crippen LogP contribution >= 0.6 is 27.5 Å². The number of methoxy groups -OCH3 is 1. The summed E-state index contributed by atoms with van der Waals surface area (Å²) in [5.41, 5.74) is 2.54. The van der Waals surface area contributed by atoms with E-state index in [1.807, 2.05) is 66.7 Å². The number of amides is 1. The van der Waals surface area contributed by atoms with E-state index < -0.39 is 0 Å². The minimum absolute atomic E-state index is 0.223. The molecule has 0 heterocycles. The van der Waals surface area contributed by atoms with Crippen LogP contribution in [0.15, 0.2) is 77.3 Å². The fourth-order valence-electron chi connectivity index (χ4n) is 2.56. The van der Waals surface area contributed by atoms with Crippen LogP contribution in [0.5, 0.6) is 11.5 Å². The van der Waals surface area contributed by atoms with Crippen LogP contribution in [0.4, 0.5) is 5.69 Å². The molecular formula is C23H19BrClNO3. The minimum atomic E-state index is -0.223. The summed E-state index contributed by atoms with van der Waals surface area (Å²) in [5, 5.41) is 3.51. The van der Waals surface area contributed by atoms with E-state index in [1.54, 1.807) is 13.2 Å². The summed E-state index contributed by atoms with van der Waals surface area (Å²) in [7, 11) is 1.58. The lowest BCUT2D eigenvalue weighted by molar-refractivity contribution is -0.111. The fourth-order valence-corrected chi connectivity index (χ4v) is 3.07. The van der Waals surface area contributed by atoms with Gasteiger partial charge < -0.3 is 14.8 Å². The van der Waals surface area contributed by atoms with Crippen LogP contribution in [0.1, 0.15) is 11.1 Å². The molecule has 0 aromatic heterocycles. The summed E-state index contributed by atoms with van der Waals surface area (Å²) >= 11 is 9.31. The number of hydrogen-bond donors (Lipinski definition) is 1. The van der Waals surface area contributed by atoms with Crippen molar-refractivity contribution >= 4 is 45.2 Å². The fraction of sp³-hybridized carbons (Fsp3) is 0.0870. The summed E-state index contributed by atoms with van der Waals surface area (Å²) in [6.07, 6.45) is 3.19. The van der Waals surface area contributed by atoms with Crippen LogP contribution in [0.25, 0.3) is 6.08 Å². The van der Waals surface area contributed by atoms with Crippen molar-refractivity contribution in [2.45, 2.75) is 6.61 Å². The van der Waals surface area contributed by atoms with E-state index in [0.29, 0.717) is 28.8 Å². The van der Waals surface area contributed by atoms with Crippen molar-refractivity contribution in [1.29, 1.82) is 0 Å². The molecule has 0 saturated carbocycles. The number of benzene rings is 3. The predicted octanol–water partition coefficient (Wildman–Crippen LogP) is 6.34. The first-order valence-electron chi connectivity index (χ1n) is 8.84. The maximum absolute atomic E-state index is 12.2. The SMILES string of the molecule is COc1cc(C=CC(=O)Nc2ccccc2Br)ccc1OCc1ccc(Cl)cc1. The van der Waals surface area contributed by atoms with E-state index in [1.165, 1.54) is 6.08 Å². The molecular weight excluding hydrogens is 454 g/mol. The van der Waals surface area contributed by atoms with Crippen LogP contribution in [0.3, 0.4) is 0 Å². The summed E-state index contributed by atoms with van der Waals surface area (Å²) in [6, 6.07) is 20.4. The van der Waals surface area contributed by atoms with Gasteiger partial charge in [-0.15, -0.1) is 0 Å². The summed E-state index contributed by atoms with van der Waals surface area (Å²) in [5.74, 6) is 0.989. The molecule has 0 bridgehead atoms. The third-order valence-corrected chi connectivity index (χ3v) is 5.00. The molecule has 0 radical (unpaired) electrons. The summed E-state index contributed by atoms with van der Waals surface area (Å²) in [4.78, 5) is 12.2. The molecule has 6 heteroatoms. The number of nitrogens with one attached hydrogen (secondary N) is 1. The summed E-state index contributed by atoms with van der Waals surface area (Å²) < 4.78 is 12.1. The second-order valence-electron chi connectivity index (χ2n) is 6.13. The Morgan fingerprint density at radius 3 is 2.55 bits per heavy atom. The van der Waals surface area contributed by atoms with Gasteiger partial charge in [-0.05, 0) is 69.5 Å². The van der Waals surface area contributed by atoms with Crippen LogP contribution in [-0.2, 0) is 11.4 Å². The lowest BCUT2D eigenvalue weighted by atomic mass is 10.2. The lowest BCUT2D eigenvalue weighted by Gasteiger charge is -2.11. The Labute approximate surface area is 183 Å². The van der Waals surface area contributed by atoms with Gasteiger partial charge in [-0.25, -0.2) is 0 Å². The molecule has 1 amide bonds. The van der Waals surface area contributed by atoms with Gasteiger partial charge in [0.2, 0.25) is 5.91 Å². The standard InChI is InChI=1S/C23H19BrClNO3/c1-28-22-14-16(9-13-23(27)26-20-5-3-2-4-19(20)24)8-12-21(22)29-15-17-6-10-18(25)11-7-17/h2-14H,15H2,1H3,(H,26,27). The molecule has 0 aliphatic heterocycles. The highest BCUT2D eigenvalue weighted by atomic mass is 79.9. The van der Waals surface area contributed by atoms with Crippen molar-refractivity contribution in [3.8, 4) is 11.5 Å². The molecule has 0 saturated heterocycles. The zero-order valence-corrected chi connectivity index (χ0v) is 18.0. The molecule has 29 heavy (non-hydrogen) atoms. The molecule has 3 rings (SSSR count). The Morgan fingerprint density at radius 1 is 1.07 bits per heavy atom. The van der Waals surface area contributed by atoms with E-state index >= 15 is 0 Å². The van der Waals surface area contributed by atoms with Gasteiger partial charge in [0.25, 0.3) is 0 Å². The normalized spacial score (nSPS) is 10.7. The number of hydrogen-bond acceptors (Lipinski definition) is 3. The second-order valence-corrected chi connectivity index (χ2v) is 7.42. The smallest absolute Gasteiger partial charge is 0.248 e. The van der Waals surface area contributed by atoms with Gasteiger partial charge in [0, 0.05) is 15.6 Å². The van der Waals surface area contributed by atoms with Crippen molar-refractivity contribution in [3.05, 3.63) is 93.4 Å². The topological polar surface area (TPSA) is 47.6 Å². The second kappa shape index (κ2) is 10.1. The third kappa shape index (κ3) is 6.11. The molecule has 148 valence electrons. The number of carbonyl (C=O) groups excluding carboxylic acids is 1. The highest BCUT2D eigenvalue weighted by Gasteiger charge is 2.06. The molecule has 3 aromatic rings. The van der Waals surface area contributed by atoms with Gasteiger partial charge in [0.1, 0.15) is 6.61 Å². The number of para-hydroxylation sites is 1. The number of rotatable bonds is 7. The van der Waals surface area contributed by atoms with E-state index in [4.69, 9.17) is 21.1 Å². The van der Waals surface area contributed by atoms with E-state index in [0.717, 1.165) is 15.6 Å². The first-order chi connectivity index (χ1) is 14.0. The first-order valence-corrected chi connectivity index (χ1v) is 10.0. The zero-order valence-electron chi connectivity index (χ0n) is 15.7. The average Bonchev–Trinajstić information content (AvgIpc) is 2.74. The predicted molar refractivity (Wildman–Crippen MR) is 121 cm³/mol. The molecule has 1 N–H and O–H groups in total. The van der Waals surface area contributed by atoms with Crippen LogP contribution < -0.4 is 14.8 Å². The van der Waals surface area contributed by atoms with Crippen molar-refractivity contribution < 1.29 is 14.3 Å². The van der Waals surface area contributed by atoms with Crippen molar-refractivity contribution in [1.82, 2.24) is 0 Å². The maximum Gasteiger partial charge on any atom is 0.248 e. The van der Waals surface area contributed by atoms with Gasteiger partial charge >= 0.3 is 0 Å². The van der Waals surface area contributed by atoms with Crippen molar-refractivity contribution in [2.24, 2.45) is 0 Å². The minimum Gasteiger partial charge on any atom is -0.493 e. The molecule has 4 nitrogen and oxygen atoms in total. The molecule has 0 aliphatic rings. The first kappa shape index (κ1) is 21.0. The van der Waals surface area contributed by atoms with Gasteiger partial charge in [0.15, 0.2) is 11.5 Å². The Bertz CT molecular complexity index is 1020. The van der Waals surface area contributed by atoms with Gasteiger partial charge in [-0.1, -0.05) is 41.9 Å². The molecule has 0 atom stereocenters. The molecule has 0 unspecified atom stereocenters. The van der Waals surface area contributed by atoms with E-state index in [2.05, 4.69) is 21.2 Å². The molecule has 0 spiro atoms. The number of ether oxygens (including phenoxy) is 2. The zero-order chi connectivity index (χ0) is 20.6. The number of halogens is 2. The number of carbonyl (C=O) groups is 1. The highest BCUT2D eigenvalue weighted by molar-refractivity contribution is 9.10. The molecule has 3 aromatic carbocycles. The Balaban J connectivity index is 1.64. The Morgan fingerprint density at radius 2 is 1.83 bits per heavy atom. The Kier molecular flexibility index (Phi) is 7.33. The number of anilines is 1. The van der Waals surface area contributed by atoms with Crippen molar-refractivity contribution in [2.75, 3.05) is 12.4 Å². The van der Waals surface area contributed by atoms with Crippen LogP contribution in [-0.4, -0.2) is 13.0 Å². The average molecular weight is 473 g/mol. The molecule has 0 aliphatic carbocycles. The Hall–Kier alpha value is -2.76. The maximum atomic E-state index is 12.2.